The van der Waals surface area contributed by atoms with Crippen LogP contribution in [0.3, 0.4) is 0 Å². The van der Waals surface area contributed by atoms with Crippen LogP contribution in [0.2, 0.25) is 0 Å². The third kappa shape index (κ3) is 3.07. The summed E-state index contributed by atoms with van der Waals surface area (Å²) >= 11 is 0. The number of hydrogen-bond donors (Lipinski definition) is 1. The summed E-state index contributed by atoms with van der Waals surface area (Å²) in [6.07, 6.45) is 6.42. The van der Waals surface area contributed by atoms with Gasteiger partial charge in [0.05, 0.1) is 11.9 Å². The van der Waals surface area contributed by atoms with Gasteiger partial charge in [-0.25, -0.2) is 8.42 Å². The van der Waals surface area contributed by atoms with Gasteiger partial charge in [0.1, 0.15) is 9.84 Å². The second kappa shape index (κ2) is 4.78. The van der Waals surface area contributed by atoms with Gasteiger partial charge in [-0.15, -0.1) is 0 Å². The summed E-state index contributed by atoms with van der Waals surface area (Å²) in [5, 5.41) is 7.58. The van der Waals surface area contributed by atoms with Gasteiger partial charge in [0.15, 0.2) is 0 Å². The van der Waals surface area contributed by atoms with Crippen LogP contribution in [-0.4, -0.2) is 36.8 Å². The molecule has 0 aromatic carbocycles. The van der Waals surface area contributed by atoms with Gasteiger partial charge < -0.3 is 5.32 Å². The number of aromatic nitrogens is 2. The van der Waals surface area contributed by atoms with E-state index in [1.54, 1.807) is 0 Å². The summed E-state index contributed by atoms with van der Waals surface area (Å²) in [6.45, 7) is 0.512. The summed E-state index contributed by atoms with van der Waals surface area (Å²) in [7, 11) is -0.924. The van der Waals surface area contributed by atoms with Crippen molar-refractivity contribution in [2.45, 2.75) is 25.3 Å². The van der Waals surface area contributed by atoms with Crippen molar-refractivity contribution in [1.29, 1.82) is 0 Å². The Morgan fingerprint density at radius 1 is 1.59 bits per heavy atom. The van der Waals surface area contributed by atoms with Crippen LogP contribution in [0.15, 0.2) is 6.20 Å². The van der Waals surface area contributed by atoms with Gasteiger partial charge >= 0.3 is 0 Å². The van der Waals surface area contributed by atoms with E-state index in [0.717, 1.165) is 19.3 Å². The van der Waals surface area contributed by atoms with Crippen LogP contribution in [0.4, 0.5) is 0 Å². The molecular formula is C11H19N3O2S. The van der Waals surface area contributed by atoms with Crippen LogP contribution >= 0.6 is 0 Å². The zero-order valence-electron chi connectivity index (χ0n) is 10.3. The molecule has 1 unspecified atom stereocenters. The van der Waals surface area contributed by atoms with Gasteiger partial charge in [-0.05, 0) is 19.3 Å². The summed E-state index contributed by atoms with van der Waals surface area (Å²) in [5.41, 5.74) is 2.50. The first-order valence-corrected chi connectivity index (χ1v) is 7.95. The summed E-state index contributed by atoms with van der Waals surface area (Å²) in [5.74, 6) is 0.194. The van der Waals surface area contributed by atoms with E-state index >= 15 is 0 Å². The molecule has 0 aliphatic heterocycles. The Morgan fingerprint density at radius 3 is 3.06 bits per heavy atom. The number of aryl methyl sites for hydroxylation is 1. The minimum Gasteiger partial charge on any atom is -0.309 e. The van der Waals surface area contributed by atoms with Crippen LogP contribution in [0, 0.1) is 0 Å². The van der Waals surface area contributed by atoms with Crippen molar-refractivity contribution in [2.24, 2.45) is 7.05 Å². The van der Waals surface area contributed by atoms with Crippen LogP contribution in [-0.2, 0) is 23.3 Å². The fourth-order valence-corrected chi connectivity index (χ4v) is 2.83. The van der Waals surface area contributed by atoms with E-state index in [-0.39, 0.29) is 11.8 Å². The standard InChI is InChI=1S/C11H19N3O2S/c1-14-11-5-3-4-10(9(11)8-13-14)12-6-7-17(2,15)16/h8,10,12H,3-7H2,1-2H3. The van der Waals surface area contributed by atoms with Crippen LogP contribution in [0.5, 0.6) is 0 Å². The normalized spacial score (nSPS) is 20.2. The van der Waals surface area contributed by atoms with Crippen LogP contribution < -0.4 is 5.32 Å². The maximum Gasteiger partial charge on any atom is 0.148 e. The maximum atomic E-state index is 11.1. The molecule has 5 nitrogen and oxygen atoms in total. The predicted octanol–water partition coefficient (Wildman–Crippen LogP) is 0.432. The van der Waals surface area contributed by atoms with Crippen molar-refractivity contribution in [2.75, 3.05) is 18.6 Å². The lowest BCUT2D eigenvalue weighted by Gasteiger charge is -2.23. The lowest BCUT2D eigenvalue weighted by Crippen LogP contribution is -2.29. The Kier molecular flexibility index (Phi) is 3.53. The van der Waals surface area contributed by atoms with Crippen molar-refractivity contribution in [1.82, 2.24) is 15.1 Å². The predicted molar refractivity (Wildman–Crippen MR) is 66.6 cm³/mol. The molecule has 96 valence electrons. The molecule has 0 saturated heterocycles. The van der Waals surface area contributed by atoms with E-state index in [9.17, 15) is 8.42 Å². The van der Waals surface area contributed by atoms with Crippen molar-refractivity contribution >= 4 is 9.84 Å². The zero-order valence-corrected chi connectivity index (χ0v) is 11.1. The quantitative estimate of drug-likeness (QED) is 0.849. The Balaban J connectivity index is 1.99. The number of nitrogens with zero attached hydrogens (tertiary/aromatic N) is 2. The Morgan fingerprint density at radius 2 is 2.35 bits per heavy atom. The molecule has 0 spiro atoms. The fraction of sp³-hybridized carbons (Fsp3) is 0.727. The molecule has 17 heavy (non-hydrogen) atoms. The SMILES string of the molecule is Cn1ncc2c1CCCC2NCCS(C)(=O)=O. The molecule has 1 aromatic heterocycles. The van der Waals surface area contributed by atoms with Crippen molar-refractivity contribution in [3.05, 3.63) is 17.5 Å². The lowest BCUT2D eigenvalue weighted by molar-refractivity contribution is 0.463. The lowest BCUT2D eigenvalue weighted by atomic mass is 9.93. The Hall–Kier alpha value is -0.880. The van der Waals surface area contributed by atoms with E-state index in [1.807, 2.05) is 17.9 Å². The van der Waals surface area contributed by atoms with Crippen molar-refractivity contribution in [3.63, 3.8) is 0 Å². The molecule has 0 saturated carbocycles. The van der Waals surface area contributed by atoms with E-state index in [0.29, 0.717) is 6.54 Å². The van der Waals surface area contributed by atoms with Gasteiger partial charge in [0, 0.05) is 37.1 Å². The van der Waals surface area contributed by atoms with Crippen LogP contribution in [0.1, 0.15) is 30.1 Å². The van der Waals surface area contributed by atoms with Gasteiger partial charge in [0.25, 0.3) is 0 Å². The molecule has 1 N–H and O–H groups in total. The fourth-order valence-electron chi connectivity index (χ4n) is 2.34. The van der Waals surface area contributed by atoms with Gasteiger partial charge in [0.2, 0.25) is 0 Å². The number of fused-ring (bicyclic) bond motifs is 1. The third-order valence-electron chi connectivity index (χ3n) is 3.24. The highest BCUT2D eigenvalue weighted by molar-refractivity contribution is 7.90. The molecule has 1 atom stereocenters. The first-order valence-electron chi connectivity index (χ1n) is 5.89. The molecule has 1 heterocycles. The molecule has 0 fully saturated rings. The number of hydrogen-bond acceptors (Lipinski definition) is 4. The van der Waals surface area contributed by atoms with Crippen molar-refractivity contribution < 1.29 is 8.42 Å². The first-order chi connectivity index (χ1) is 7.97. The highest BCUT2D eigenvalue weighted by Gasteiger charge is 2.22. The minimum absolute atomic E-state index is 0.194. The highest BCUT2D eigenvalue weighted by atomic mass is 32.2. The Bertz CT molecular complexity index is 493. The highest BCUT2D eigenvalue weighted by Crippen LogP contribution is 2.28. The molecule has 1 aromatic rings. The maximum absolute atomic E-state index is 11.1. The second-order valence-corrected chi connectivity index (χ2v) is 6.96. The summed E-state index contributed by atoms with van der Waals surface area (Å²) in [6, 6.07) is 0.259. The molecule has 6 heteroatoms. The zero-order chi connectivity index (χ0) is 12.5. The number of sulfone groups is 1. The van der Waals surface area contributed by atoms with E-state index < -0.39 is 9.84 Å². The monoisotopic (exact) mass is 257 g/mol. The van der Waals surface area contributed by atoms with Crippen LogP contribution in [0.25, 0.3) is 0 Å². The molecular weight excluding hydrogens is 238 g/mol. The molecule has 0 radical (unpaired) electrons. The molecule has 0 amide bonds. The first kappa shape index (κ1) is 12.6. The van der Waals surface area contributed by atoms with Gasteiger partial charge in [-0.3, -0.25) is 4.68 Å². The number of rotatable bonds is 4. The summed E-state index contributed by atoms with van der Waals surface area (Å²) < 4.78 is 24.0. The molecule has 1 aliphatic carbocycles. The van der Waals surface area contributed by atoms with Gasteiger partial charge in [-0.1, -0.05) is 0 Å². The topological polar surface area (TPSA) is 64.0 Å². The summed E-state index contributed by atoms with van der Waals surface area (Å²) in [4.78, 5) is 0. The third-order valence-corrected chi connectivity index (χ3v) is 4.18. The van der Waals surface area contributed by atoms with E-state index in [4.69, 9.17) is 0 Å². The second-order valence-electron chi connectivity index (χ2n) is 4.70. The largest absolute Gasteiger partial charge is 0.309 e. The number of nitrogens with one attached hydrogen (secondary N) is 1. The van der Waals surface area contributed by atoms with E-state index in [2.05, 4.69) is 10.4 Å². The average Bonchev–Trinajstić information content (AvgIpc) is 2.60. The molecule has 0 bridgehead atoms. The molecule has 2 rings (SSSR count). The van der Waals surface area contributed by atoms with Gasteiger partial charge in [-0.2, -0.15) is 5.10 Å². The minimum atomic E-state index is -2.88. The Labute approximate surface area is 102 Å². The van der Waals surface area contributed by atoms with E-state index in [1.165, 1.54) is 17.5 Å². The smallest absolute Gasteiger partial charge is 0.148 e. The molecule has 1 aliphatic rings. The van der Waals surface area contributed by atoms with Crippen molar-refractivity contribution in [3.8, 4) is 0 Å². The average molecular weight is 257 g/mol.